The van der Waals surface area contributed by atoms with E-state index < -0.39 is 0 Å². The van der Waals surface area contributed by atoms with Crippen molar-refractivity contribution in [1.29, 1.82) is 0 Å². The Morgan fingerprint density at radius 1 is 1.03 bits per heavy atom. The number of anilines is 2. The van der Waals surface area contributed by atoms with Crippen LogP contribution in [0.5, 0.6) is 0 Å². The molecule has 1 fully saturated rings. The maximum atomic E-state index is 12.5. The van der Waals surface area contributed by atoms with Crippen LogP contribution in [0.15, 0.2) is 76.6 Å². The first-order valence-corrected chi connectivity index (χ1v) is 14.8. The van der Waals surface area contributed by atoms with Gasteiger partial charge >= 0.3 is 0 Å². The Labute approximate surface area is 233 Å². The molecular weight excluding hydrogens is 539 g/mol. The van der Waals surface area contributed by atoms with Crippen LogP contribution in [0.1, 0.15) is 31.1 Å². The van der Waals surface area contributed by atoms with E-state index in [0.29, 0.717) is 15.1 Å². The molecule has 2 aromatic heterocycles. The number of carbonyl (C=O) groups excluding carboxylic acids is 1. The molecule has 188 valence electrons. The lowest BCUT2D eigenvalue weighted by Gasteiger charge is -2.19. The standard InChI is InChI=1S/C27H25N5OS4/c1-3-4-8-15-32-22(25(33)37-27(32)34)16-21-17-23-24(35-21)28-26(36-23)30-29-18-11-13-20(14-12-18)31(2)19-9-6-5-7-10-19/h5-7,9-14,16-17H,3-4,8,15H2,1-2H3/b22-16+,30-29+. The number of azo groups is 1. The van der Waals surface area contributed by atoms with E-state index in [0.717, 1.165) is 69.0 Å². The van der Waals surface area contributed by atoms with Crippen LogP contribution in [-0.4, -0.2) is 32.9 Å². The summed E-state index contributed by atoms with van der Waals surface area (Å²) in [5.74, 6) is 0. The van der Waals surface area contributed by atoms with Gasteiger partial charge in [-0.2, -0.15) is 0 Å². The number of thioether (sulfide) groups is 1. The van der Waals surface area contributed by atoms with E-state index in [9.17, 15) is 4.79 Å². The van der Waals surface area contributed by atoms with E-state index in [1.807, 2.05) is 60.5 Å². The Hall–Kier alpha value is -2.92. The van der Waals surface area contributed by atoms with E-state index in [2.05, 4.69) is 45.2 Å². The average Bonchev–Trinajstić information content (AvgIpc) is 3.55. The minimum absolute atomic E-state index is 0.0154. The van der Waals surface area contributed by atoms with Gasteiger partial charge in [0.05, 0.1) is 16.1 Å². The highest BCUT2D eigenvalue weighted by Gasteiger charge is 2.31. The number of benzene rings is 2. The Balaban J connectivity index is 1.27. The molecule has 37 heavy (non-hydrogen) atoms. The summed E-state index contributed by atoms with van der Waals surface area (Å²) in [6.07, 6.45) is 5.21. The van der Waals surface area contributed by atoms with Gasteiger partial charge in [-0.25, -0.2) is 4.98 Å². The molecule has 0 aliphatic carbocycles. The van der Waals surface area contributed by atoms with Crippen LogP contribution in [0.2, 0.25) is 0 Å². The van der Waals surface area contributed by atoms with Gasteiger partial charge in [-0.1, -0.05) is 61.5 Å². The molecule has 3 heterocycles. The second-order valence-electron chi connectivity index (χ2n) is 8.47. The highest BCUT2D eigenvalue weighted by Crippen LogP contribution is 2.38. The molecule has 4 aromatic rings. The summed E-state index contributed by atoms with van der Waals surface area (Å²) in [6.45, 7) is 2.95. The minimum atomic E-state index is 0.0154. The minimum Gasteiger partial charge on any atom is -0.345 e. The molecule has 1 saturated heterocycles. The van der Waals surface area contributed by atoms with Crippen molar-refractivity contribution in [2.24, 2.45) is 10.2 Å². The smallest absolute Gasteiger partial charge is 0.242 e. The third kappa shape index (κ3) is 5.98. The largest absolute Gasteiger partial charge is 0.345 e. The van der Waals surface area contributed by atoms with Crippen molar-refractivity contribution in [2.45, 2.75) is 26.2 Å². The molecule has 0 amide bonds. The number of nitrogens with zero attached hydrogens (tertiary/aromatic N) is 5. The van der Waals surface area contributed by atoms with Crippen molar-refractivity contribution in [1.82, 2.24) is 9.88 Å². The summed E-state index contributed by atoms with van der Waals surface area (Å²) in [7, 11) is 2.04. The molecule has 1 aliphatic rings. The number of rotatable bonds is 9. The first-order valence-electron chi connectivity index (χ1n) is 12.0. The molecule has 5 rings (SSSR count). The SMILES string of the molecule is CCCCCN1C(=S)SC(=O)/C1=C\c1cc2sc(/N=N/c3ccc(N(C)c4ccccc4)cc3)nc2s1. The van der Waals surface area contributed by atoms with Crippen LogP contribution in [0.3, 0.4) is 0 Å². The number of aromatic nitrogens is 1. The quantitative estimate of drug-likeness (QED) is 0.0877. The molecule has 0 bridgehead atoms. The number of thiophene rings is 1. The topological polar surface area (TPSA) is 61.2 Å². The molecule has 0 saturated carbocycles. The Morgan fingerprint density at radius 2 is 1.78 bits per heavy atom. The van der Waals surface area contributed by atoms with E-state index in [1.54, 1.807) is 11.3 Å². The maximum absolute atomic E-state index is 12.5. The Morgan fingerprint density at radius 3 is 2.51 bits per heavy atom. The zero-order valence-corrected chi connectivity index (χ0v) is 23.7. The van der Waals surface area contributed by atoms with Gasteiger partial charge in [0.25, 0.3) is 0 Å². The molecule has 0 unspecified atom stereocenters. The maximum Gasteiger partial charge on any atom is 0.242 e. The van der Waals surface area contributed by atoms with Crippen LogP contribution >= 0.6 is 46.7 Å². The van der Waals surface area contributed by atoms with Crippen molar-refractivity contribution in [3.05, 3.63) is 71.2 Å². The fourth-order valence-electron chi connectivity index (χ4n) is 3.90. The monoisotopic (exact) mass is 563 g/mol. The third-order valence-corrected chi connectivity index (χ3v) is 9.14. The molecule has 1 aliphatic heterocycles. The van der Waals surface area contributed by atoms with E-state index in [1.165, 1.54) is 11.3 Å². The summed E-state index contributed by atoms with van der Waals surface area (Å²) < 4.78 is 1.68. The lowest BCUT2D eigenvalue weighted by Crippen LogP contribution is -2.23. The molecule has 6 nitrogen and oxygen atoms in total. The molecule has 0 N–H and O–H groups in total. The number of hydrogen-bond acceptors (Lipinski definition) is 9. The van der Waals surface area contributed by atoms with Gasteiger partial charge in [0.15, 0.2) is 0 Å². The Bertz CT molecular complexity index is 1440. The number of hydrogen-bond donors (Lipinski definition) is 0. The molecule has 2 aromatic carbocycles. The van der Waals surface area contributed by atoms with Gasteiger partial charge in [0.1, 0.15) is 9.15 Å². The zero-order chi connectivity index (χ0) is 25.8. The predicted octanol–water partition coefficient (Wildman–Crippen LogP) is 8.93. The predicted molar refractivity (Wildman–Crippen MR) is 162 cm³/mol. The summed E-state index contributed by atoms with van der Waals surface area (Å²) >= 11 is 9.61. The molecule has 0 spiro atoms. The summed E-state index contributed by atoms with van der Waals surface area (Å²) in [6, 6.07) is 20.2. The van der Waals surface area contributed by atoms with Crippen molar-refractivity contribution >= 4 is 93.9 Å². The van der Waals surface area contributed by atoms with Gasteiger partial charge in [-0.15, -0.1) is 21.6 Å². The normalized spacial score (nSPS) is 15.1. The molecule has 0 radical (unpaired) electrons. The van der Waals surface area contributed by atoms with Gasteiger partial charge in [0, 0.05) is 29.8 Å². The number of unbranched alkanes of at least 4 members (excludes halogenated alkanes) is 2. The molecule has 0 atom stereocenters. The highest BCUT2D eigenvalue weighted by molar-refractivity contribution is 8.33. The van der Waals surface area contributed by atoms with E-state index >= 15 is 0 Å². The number of thiocarbonyl (C=S) groups is 1. The summed E-state index contributed by atoms with van der Waals surface area (Å²) in [5, 5.41) is 9.35. The highest BCUT2D eigenvalue weighted by atomic mass is 32.2. The van der Waals surface area contributed by atoms with Crippen molar-refractivity contribution in [3.63, 3.8) is 0 Å². The number of carbonyl (C=O) groups is 1. The second kappa shape index (κ2) is 11.6. The van der Waals surface area contributed by atoms with Gasteiger partial charge in [0.2, 0.25) is 10.2 Å². The Kier molecular flexibility index (Phi) is 8.09. The third-order valence-electron chi connectivity index (χ3n) is 5.89. The molecular formula is C27H25N5OS4. The van der Waals surface area contributed by atoms with Gasteiger partial charge in [-0.3, -0.25) is 4.79 Å². The van der Waals surface area contributed by atoms with Gasteiger partial charge in [-0.05, 0) is 66.7 Å². The van der Waals surface area contributed by atoms with E-state index in [-0.39, 0.29) is 5.12 Å². The van der Waals surface area contributed by atoms with Crippen LogP contribution in [0, 0.1) is 0 Å². The van der Waals surface area contributed by atoms with Crippen molar-refractivity contribution in [2.75, 3.05) is 18.5 Å². The fourth-order valence-corrected chi connectivity index (χ4v) is 7.03. The second-order valence-corrected chi connectivity index (χ2v) is 12.1. The fraction of sp³-hybridized carbons (Fsp3) is 0.222. The summed E-state index contributed by atoms with van der Waals surface area (Å²) in [4.78, 5) is 23.1. The van der Waals surface area contributed by atoms with Crippen LogP contribution < -0.4 is 4.90 Å². The summed E-state index contributed by atoms with van der Waals surface area (Å²) in [5.41, 5.74) is 3.63. The first-order chi connectivity index (χ1) is 18.0. The van der Waals surface area contributed by atoms with Crippen LogP contribution in [0.25, 0.3) is 15.6 Å². The number of para-hydroxylation sites is 1. The van der Waals surface area contributed by atoms with Crippen molar-refractivity contribution < 1.29 is 4.79 Å². The lowest BCUT2D eigenvalue weighted by atomic mass is 10.2. The van der Waals surface area contributed by atoms with Gasteiger partial charge < -0.3 is 9.80 Å². The number of thiazole rings is 1. The first kappa shape index (κ1) is 25.7. The lowest BCUT2D eigenvalue weighted by molar-refractivity contribution is -0.108. The van der Waals surface area contributed by atoms with E-state index in [4.69, 9.17) is 12.2 Å². The van der Waals surface area contributed by atoms with Crippen LogP contribution in [-0.2, 0) is 4.79 Å². The average molecular weight is 564 g/mol. The zero-order valence-electron chi connectivity index (χ0n) is 20.5. The van der Waals surface area contributed by atoms with Crippen molar-refractivity contribution in [3.8, 4) is 0 Å². The number of fused-ring (bicyclic) bond motifs is 1. The molecule has 10 heteroatoms. The van der Waals surface area contributed by atoms with Crippen LogP contribution in [0.4, 0.5) is 22.2 Å².